The molecule has 0 saturated carbocycles. The average molecular weight is 328 g/mol. The highest BCUT2D eigenvalue weighted by atomic mass is 32.2. The van der Waals surface area contributed by atoms with Crippen LogP contribution in [0.15, 0.2) is 35.6 Å². The van der Waals surface area contributed by atoms with E-state index in [0.29, 0.717) is 6.54 Å². The second-order valence-corrected chi connectivity index (χ2v) is 7.24. The Morgan fingerprint density at radius 1 is 1.39 bits per heavy atom. The first-order valence-electron chi connectivity index (χ1n) is 7.94. The predicted molar refractivity (Wildman–Crippen MR) is 90.2 cm³/mol. The normalized spacial score (nSPS) is 20.1. The van der Waals surface area contributed by atoms with Gasteiger partial charge in [0.2, 0.25) is 5.91 Å². The van der Waals surface area contributed by atoms with E-state index >= 15 is 0 Å². The van der Waals surface area contributed by atoms with Crippen molar-refractivity contribution in [3.8, 4) is 0 Å². The molecule has 1 aromatic carbocycles. The molecule has 2 aliphatic heterocycles. The lowest BCUT2D eigenvalue weighted by molar-refractivity contribution is -0.126. The number of carbonyl (C=O) groups is 1. The standard InChI is InChI=1S/C17H20N4OS/c1-20-10-13-5-3-2-4-12(13)8-15(20)16(22)18-9-14-11-21-6-7-23-17(21)19-14/h2-5,11,15H,6-10H2,1H3,(H,18,22). The number of rotatable bonds is 3. The quantitative estimate of drug-likeness (QED) is 0.931. The van der Waals surface area contributed by atoms with Crippen LogP contribution in [0.25, 0.3) is 0 Å². The van der Waals surface area contributed by atoms with Crippen LogP contribution in [0.3, 0.4) is 0 Å². The minimum atomic E-state index is -0.103. The van der Waals surface area contributed by atoms with Crippen molar-refractivity contribution in [3.63, 3.8) is 0 Å². The number of likely N-dealkylation sites (N-methyl/N-ethyl adjacent to an activating group) is 1. The monoisotopic (exact) mass is 328 g/mol. The number of aryl methyl sites for hydroxylation is 1. The number of fused-ring (bicyclic) bond motifs is 2. The molecule has 2 aromatic rings. The van der Waals surface area contributed by atoms with Crippen LogP contribution in [0.2, 0.25) is 0 Å². The highest BCUT2D eigenvalue weighted by molar-refractivity contribution is 7.99. The molecular weight excluding hydrogens is 308 g/mol. The smallest absolute Gasteiger partial charge is 0.238 e. The van der Waals surface area contributed by atoms with Crippen LogP contribution in [0.1, 0.15) is 16.8 Å². The Morgan fingerprint density at radius 3 is 3.04 bits per heavy atom. The number of amides is 1. The zero-order chi connectivity index (χ0) is 15.8. The Labute approximate surface area is 140 Å². The third-order valence-electron chi connectivity index (χ3n) is 4.58. The fraction of sp³-hybridized carbons (Fsp3) is 0.412. The van der Waals surface area contributed by atoms with Crippen molar-refractivity contribution in [3.05, 3.63) is 47.3 Å². The molecule has 2 aliphatic rings. The van der Waals surface area contributed by atoms with Crippen molar-refractivity contribution in [2.75, 3.05) is 12.8 Å². The van der Waals surface area contributed by atoms with Crippen LogP contribution in [-0.2, 0) is 30.8 Å². The van der Waals surface area contributed by atoms with Crippen LogP contribution in [0.4, 0.5) is 0 Å². The minimum Gasteiger partial charge on any atom is -0.349 e. The number of imidazole rings is 1. The summed E-state index contributed by atoms with van der Waals surface area (Å²) < 4.78 is 2.16. The lowest BCUT2D eigenvalue weighted by Gasteiger charge is -2.32. The fourth-order valence-corrected chi connectivity index (χ4v) is 4.25. The zero-order valence-corrected chi connectivity index (χ0v) is 14.0. The molecule has 4 rings (SSSR count). The third-order valence-corrected chi connectivity index (χ3v) is 5.55. The van der Waals surface area contributed by atoms with Crippen LogP contribution < -0.4 is 5.32 Å². The summed E-state index contributed by atoms with van der Waals surface area (Å²) in [5, 5.41) is 4.12. The highest BCUT2D eigenvalue weighted by Crippen LogP contribution is 2.25. The predicted octanol–water partition coefficient (Wildman–Crippen LogP) is 1.66. The van der Waals surface area contributed by atoms with Crippen molar-refractivity contribution in [1.82, 2.24) is 19.8 Å². The molecular formula is C17H20N4OS. The number of thioether (sulfide) groups is 1. The van der Waals surface area contributed by atoms with Gasteiger partial charge in [0.15, 0.2) is 5.16 Å². The van der Waals surface area contributed by atoms with Gasteiger partial charge in [-0.2, -0.15) is 0 Å². The molecule has 23 heavy (non-hydrogen) atoms. The van der Waals surface area contributed by atoms with Crippen LogP contribution in [0, 0.1) is 0 Å². The van der Waals surface area contributed by atoms with E-state index in [2.05, 4.69) is 44.2 Å². The van der Waals surface area contributed by atoms with Crippen molar-refractivity contribution < 1.29 is 4.79 Å². The SMILES string of the molecule is CN1Cc2ccccc2CC1C(=O)NCc1cn2c(n1)SCC2. The molecule has 0 aliphatic carbocycles. The summed E-state index contributed by atoms with van der Waals surface area (Å²) in [7, 11) is 2.02. The Kier molecular flexibility index (Phi) is 3.87. The summed E-state index contributed by atoms with van der Waals surface area (Å²) in [5.41, 5.74) is 3.55. The van der Waals surface area contributed by atoms with Gasteiger partial charge >= 0.3 is 0 Å². The van der Waals surface area contributed by atoms with E-state index < -0.39 is 0 Å². The molecule has 120 valence electrons. The maximum Gasteiger partial charge on any atom is 0.238 e. The van der Waals surface area contributed by atoms with Crippen LogP contribution in [-0.4, -0.2) is 39.2 Å². The lowest BCUT2D eigenvalue weighted by Crippen LogP contribution is -2.48. The number of hydrogen-bond acceptors (Lipinski definition) is 4. The maximum atomic E-state index is 12.6. The van der Waals surface area contributed by atoms with Crippen molar-refractivity contribution in [2.24, 2.45) is 0 Å². The van der Waals surface area contributed by atoms with Gasteiger partial charge in [0.25, 0.3) is 0 Å². The van der Waals surface area contributed by atoms with E-state index in [4.69, 9.17) is 0 Å². The van der Waals surface area contributed by atoms with E-state index in [-0.39, 0.29) is 11.9 Å². The minimum absolute atomic E-state index is 0.0859. The molecule has 3 heterocycles. The number of nitrogens with zero attached hydrogens (tertiary/aromatic N) is 3. The molecule has 1 atom stereocenters. The molecule has 1 unspecified atom stereocenters. The third kappa shape index (κ3) is 2.88. The Bertz CT molecular complexity index is 720. The van der Waals surface area contributed by atoms with Gasteiger partial charge in [-0.3, -0.25) is 9.69 Å². The largest absolute Gasteiger partial charge is 0.349 e. The van der Waals surface area contributed by atoms with Crippen LogP contribution in [0.5, 0.6) is 0 Å². The van der Waals surface area contributed by atoms with E-state index in [1.54, 1.807) is 11.8 Å². The van der Waals surface area contributed by atoms with Gasteiger partial charge in [-0.15, -0.1) is 0 Å². The zero-order valence-electron chi connectivity index (χ0n) is 13.2. The van der Waals surface area contributed by atoms with E-state index in [0.717, 1.165) is 36.1 Å². The summed E-state index contributed by atoms with van der Waals surface area (Å²) in [5.74, 6) is 1.18. The molecule has 0 saturated heterocycles. The lowest BCUT2D eigenvalue weighted by atomic mass is 9.94. The van der Waals surface area contributed by atoms with Gasteiger partial charge in [0.1, 0.15) is 0 Å². The topological polar surface area (TPSA) is 50.2 Å². The average Bonchev–Trinajstić information content (AvgIpc) is 3.13. The van der Waals surface area contributed by atoms with Crippen molar-refractivity contribution in [2.45, 2.75) is 37.3 Å². The van der Waals surface area contributed by atoms with Crippen LogP contribution >= 0.6 is 11.8 Å². The summed E-state index contributed by atoms with van der Waals surface area (Å²) >= 11 is 1.77. The molecule has 0 fully saturated rings. The first kappa shape index (κ1) is 14.8. The Morgan fingerprint density at radius 2 is 2.22 bits per heavy atom. The fourth-order valence-electron chi connectivity index (χ4n) is 3.29. The molecule has 1 amide bonds. The number of hydrogen-bond donors (Lipinski definition) is 1. The molecule has 5 nitrogen and oxygen atoms in total. The van der Waals surface area contributed by atoms with Gasteiger partial charge in [-0.1, -0.05) is 36.0 Å². The van der Waals surface area contributed by atoms with E-state index in [9.17, 15) is 4.79 Å². The highest BCUT2D eigenvalue weighted by Gasteiger charge is 2.28. The Hall–Kier alpha value is -1.79. The maximum absolute atomic E-state index is 12.6. The second kappa shape index (κ2) is 6.02. The molecule has 0 spiro atoms. The number of aromatic nitrogens is 2. The van der Waals surface area contributed by atoms with Crippen molar-refractivity contribution >= 4 is 17.7 Å². The molecule has 1 N–H and O–H groups in total. The van der Waals surface area contributed by atoms with Gasteiger partial charge < -0.3 is 9.88 Å². The molecule has 0 bridgehead atoms. The van der Waals surface area contributed by atoms with Gasteiger partial charge in [0.05, 0.1) is 18.3 Å². The molecule has 6 heteroatoms. The second-order valence-electron chi connectivity index (χ2n) is 6.18. The molecule has 0 radical (unpaired) electrons. The van der Waals surface area contributed by atoms with Crippen molar-refractivity contribution in [1.29, 1.82) is 0 Å². The summed E-state index contributed by atoms with van der Waals surface area (Å²) in [6.07, 6.45) is 2.82. The summed E-state index contributed by atoms with van der Waals surface area (Å²) in [6, 6.07) is 8.27. The summed E-state index contributed by atoms with van der Waals surface area (Å²) in [6.45, 7) is 2.35. The first-order chi connectivity index (χ1) is 11.2. The first-order valence-corrected chi connectivity index (χ1v) is 8.93. The van der Waals surface area contributed by atoms with E-state index in [1.165, 1.54) is 11.1 Å². The Balaban J connectivity index is 1.40. The molecule has 1 aromatic heterocycles. The number of nitrogens with one attached hydrogen (secondary N) is 1. The van der Waals surface area contributed by atoms with Gasteiger partial charge in [-0.05, 0) is 24.6 Å². The number of benzene rings is 1. The van der Waals surface area contributed by atoms with Gasteiger partial charge in [-0.25, -0.2) is 4.98 Å². The number of carbonyl (C=O) groups excluding carboxylic acids is 1. The van der Waals surface area contributed by atoms with E-state index in [1.807, 2.05) is 13.1 Å². The van der Waals surface area contributed by atoms with Gasteiger partial charge in [0, 0.05) is 25.0 Å². The summed E-state index contributed by atoms with van der Waals surface area (Å²) in [4.78, 5) is 19.3.